The number of hydrogen-bond donors (Lipinski definition) is 4. The zero-order chi connectivity index (χ0) is 32.6. The number of carbonyl (C=O) groups is 6. The van der Waals surface area contributed by atoms with Crippen molar-refractivity contribution in [2.45, 2.75) is 91.9 Å². The van der Waals surface area contributed by atoms with Crippen LogP contribution in [0, 0.1) is 34.5 Å². The standard InChI is InChI=1S/C30H50N6O7/c1-15(2)18(14-35(8)28(42)43-9)32-27(41)34-23(29(3,4)5)26(40)36-13-17-19(30(17,6)7)21(36)25(39)33-20(16-11-10-12-16)22(37)24(31)38/h15-21,23H,10-14H2,1-9H3,(H2,31,38)(H,33,39)(H2,32,34,41)/t17-,18+,19-,20?,21-,23+/m0/s1. The van der Waals surface area contributed by atoms with Gasteiger partial charge in [-0.3, -0.25) is 19.2 Å². The van der Waals surface area contributed by atoms with Gasteiger partial charge in [0.1, 0.15) is 18.1 Å². The Morgan fingerprint density at radius 1 is 1.05 bits per heavy atom. The molecule has 3 aliphatic rings. The number of fused-ring (bicyclic) bond motifs is 1. The minimum Gasteiger partial charge on any atom is -0.453 e. The monoisotopic (exact) mass is 606 g/mol. The summed E-state index contributed by atoms with van der Waals surface area (Å²) in [6.45, 7) is 13.9. The van der Waals surface area contributed by atoms with Crippen LogP contribution >= 0.6 is 0 Å². The normalized spacial score (nSPS) is 24.5. The van der Waals surface area contributed by atoms with Crippen LogP contribution in [-0.2, 0) is 23.9 Å². The molecule has 0 aromatic heterocycles. The van der Waals surface area contributed by atoms with Crippen LogP contribution in [0.4, 0.5) is 9.59 Å². The molecule has 3 rings (SSSR count). The van der Waals surface area contributed by atoms with Crippen molar-refractivity contribution in [2.24, 2.45) is 40.2 Å². The lowest BCUT2D eigenvalue weighted by molar-refractivity contribution is -0.145. The van der Waals surface area contributed by atoms with E-state index in [1.807, 2.05) is 48.5 Å². The highest BCUT2D eigenvalue weighted by molar-refractivity contribution is 6.38. The smallest absolute Gasteiger partial charge is 0.409 e. The van der Waals surface area contributed by atoms with Crippen LogP contribution in [0.5, 0.6) is 0 Å². The van der Waals surface area contributed by atoms with E-state index in [1.54, 1.807) is 7.05 Å². The molecule has 6 amide bonds. The summed E-state index contributed by atoms with van der Waals surface area (Å²) >= 11 is 0. The van der Waals surface area contributed by atoms with Gasteiger partial charge in [0.05, 0.1) is 13.2 Å². The van der Waals surface area contributed by atoms with Gasteiger partial charge in [-0.1, -0.05) is 54.9 Å². The zero-order valence-corrected chi connectivity index (χ0v) is 27.0. The molecule has 6 atom stereocenters. The molecule has 1 saturated heterocycles. The van der Waals surface area contributed by atoms with E-state index < -0.39 is 65.2 Å². The number of methoxy groups -OCH3 is 1. The van der Waals surface area contributed by atoms with Gasteiger partial charge in [-0.05, 0) is 47.3 Å². The number of hydrogen-bond acceptors (Lipinski definition) is 7. The van der Waals surface area contributed by atoms with Crippen LogP contribution in [0.3, 0.4) is 0 Å². The van der Waals surface area contributed by atoms with Gasteiger partial charge in [0.15, 0.2) is 0 Å². The molecule has 2 saturated carbocycles. The Balaban J connectivity index is 1.80. The Kier molecular flexibility index (Phi) is 10.1. The van der Waals surface area contributed by atoms with Crippen LogP contribution in [0.2, 0.25) is 0 Å². The van der Waals surface area contributed by atoms with Crippen LogP contribution in [0.25, 0.3) is 0 Å². The molecule has 1 aliphatic heterocycles. The summed E-state index contributed by atoms with van der Waals surface area (Å²) in [5.41, 5.74) is 4.39. The van der Waals surface area contributed by atoms with E-state index in [-0.39, 0.29) is 35.6 Å². The molecule has 1 heterocycles. The minimum atomic E-state index is -1.10. The van der Waals surface area contributed by atoms with Gasteiger partial charge < -0.3 is 36.2 Å². The summed E-state index contributed by atoms with van der Waals surface area (Å²) in [6, 6.07) is -3.86. The Labute approximate surface area is 254 Å². The average Bonchev–Trinajstić information content (AvgIpc) is 3.20. The van der Waals surface area contributed by atoms with Crippen molar-refractivity contribution < 1.29 is 33.5 Å². The fourth-order valence-electron chi connectivity index (χ4n) is 6.48. The number of piperidine rings is 1. The van der Waals surface area contributed by atoms with Gasteiger partial charge in [0.2, 0.25) is 17.6 Å². The Morgan fingerprint density at radius 2 is 1.65 bits per heavy atom. The van der Waals surface area contributed by atoms with Crippen LogP contribution < -0.4 is 21.7 Å². The number of likely N-dealkylation sites (N-methyl/N-ethyl adjacent to an activating group) is 1. The van der Waals surface area contributed by atoms with Crippen molar-refractivity contribution in [3.05, 3.63) is 0 Å². The van der Waals surface area contributed by atoms with Crippen LogP contribution in [0.15, 0.2) is 0 Å². The summed E-state index contributed by atoms with van der Waals surface area (Å²) in [5, 5.41) is 8.50. The molecule has 2 aliphatic carbocycles. The largest absolute Gasteiger partial charge is 0.453 e. The molecule has 0 radical (unpaired) electrons. The molecular weight excluding hydrogens is 556 g/mol. The fraction of sp³-hybridized carbons (Fsp3) is 0.800. The van der Waals surface area contributed by atoms with E-state index >= 15 is 0 Å². The number of ether oxygens (including phenoxy) is 1. The number of Topliss-reactive ketones (excluding diaryl/α,β-unsaturated/α-hetero) is 1. The Hall–Kier alpha value is -3.38. The van der Waals surface area contributed by atoms with Crippen molar-refractivity contribution in [3.8, 4) is 0 Å². The van der Waals surface area contributed by atoms with Gasteiger partial charge >= 0.3 is 12.1 Å². The summed E-state index contributed by atoms with van der Waals surface area (Å²) in [5.74, 6) is -3.07. The van der Waals surface area contributed by atoms with E-state index in [2.05, 4.69) is 16.0 Å². The summed E-state index contributed by atoms with van der Waals surface area (Å²) in [6.07, 6.45) is 1.76. The third kappa shape index (κ3) is 7.23. The number of ketones is 1. The SMILES string of the molecule is COC(=O)N(C)C[C@@H](NC(=O)N[C@H](C(=O)N1C[C@H]2[C@@H]([C@H]1C(=O)NC(C(=O)C(N)=O)C1CCC1)C2(C)C)C(C)(C)C)C(C)C. The van der Waals surface area contributed by atoms with Crippen LogP contribution in [0.1, 0.15) is 67.7 Å². The first-order valence-corrected chi connectivity index (χ1v) is 15.1. The maximum atomic E-state index is 14.2. The number of rotatable bonds is 11. The fourth-order valence-corrected chi connectivity index (χ4v) is 6.48. The lowest BCUT2D eigenvalue weighted by atomic mass is 9.78. The third-order valence-corrected chi connectivity index (χ3v) is 9.67. The van der Waals surface area contributed by atoms with E-state index in [1.165, 1.54) is 16.9 Å². The molecule has 0 aromatic rings. The molecular formula is C30H50N6O7. The molecule has 13 nitrogen and oxygen atoms in total. The number of likely N-dealkylation sites (tertiary alicyclic amines) is 1. The summed E-state index contributed by atoms with van der Waals surface area (Å²) in [4.78, 5) is 80.4. The molecule has 0 aromatic carbocycles. The number of carbonyl (C=O) groups excluding carboxylic acids is 6. The number of nitrogens with one attached hydrogen (secondary N) is 3. The molecule has 13 heteroatoms. The van der Waals surface area contributed by atoms with Crippen molar-refractivity contribution in [2.75, 3.05) is 27.2 Å². The maximum absolute atomic E-state index is 14.2. The second-order valence-electron chi connectivity index (χ2n) is 14.4. The van der Waals surface area contributed by atoms with Crippen molar-refractivity contribution in [1.82, 2.24) is 25.8 Å². The van der Waals surface area contributed by atoms with Gasteiger partial charge in [-0.25, -0.2) is 9.59 Å². The number of urea groups is 1. The quantitative estimate of drug-likeness (QED) is 0.255. The van der Waals surface area contributed by atoms with E-state index in [0.29, 0.717) is 19.4 Å². The average molecular weight is 607 g/mol. The van der Waals surface area contributed by atoms with Crippen molar-refractivity contribution >= 4 is 35.6 Å². The first-order chi connectivity index (χ1) is 19.8. The van der Waals surface area contributed by atoms with Gasteiger partial charge in [0.25, 0.3) is 5.91 Å². The van der Waals surface area contributed by atoms with Gasteiger partial charge in [-0.2, -0.15) is 0 Å². The molecule has 0 spiro atoms. The van der Waals surface area contributed by atoms with E-state index in [0.717, 1.165) is 6.42 Å². The molecule has 3 fully saturated rings. The van der Waals surface area contributed by atoms with Crippen molar-refractivity contribution in [1.29, 1.82) is 0 Å². The lowest BCUT2D eigenvalue weighted by Gasteiger charge is -2.39. The maximum Gasteiger partial charge on any atom is 0.409 e. The highest BCUT2D eigenvalue weighted by atomic mass is 16.5. The van der Waals surface area contributed by atoms with Crippen LogP contribution in [-0.4, -0.2) is 96.8 Å². The van der Waals surface area contributed by atoms with Crippen molar-refractivity contribution in [3.63, 3.8) is 0 Å². The number of nitrogens with zero attached hydrogens (tertiary/aromatic N) is 2. The van der Waals surface area contributed by atoms with E-state index in [9.17, 15) is 28.8 Å². The first kappa shape index (κ1) is 34.1. The number of amides is 6. The predicted octanol–water partition coefficient (Wildman–Crippen LogP) is 1.25. The number of nitrogens with two attached hydrogens (primary N) is 1. The minimum absolute atomic E-state index is 0.0330. The second kappa shape index (κ2) is 12.7. The second-order valence-corrected chi connectivity index (χ2v) is 14.4. The van der Waals surface area contributed by atoms with E-state index in [4.69, 9.17) is 10.5 Å². The molecule has 1 unspecified atom stereocenters. The Bertz CT molecular complexity index is 1130. The summed E-state index contributed by atoms with van der Waals surface area (Å²) < 4.78 is 4.76. The molecule has 0 bridgehead atoms. The lowest BCUT2D eigenvalue weighted by Crippen LogP contribution is -2.62. The molecule has 43 heavy (non-hydrogen) atoms. The predicted molar refractivity (Wildman–Crippen MR) is 158 cm³/mol. The highest BCUT2D eigenvalue weighted by Gasteiger charge is 2.70. The topological polar surface area (TPSA) is 180 Å². The van der Waals surface area contributed by atoms with Gasteiger partial charge in [0, 0.05) is 20.1 Å². The third-order valence-electron chi connectivity index (χ3n) is 9.67. The highest BCUT2D eigenvalue weighted by Crippen LogP contribution is 2.65. The molecule has 5 N–H and O–H groups in total. The number of primary amides is 1. The molecule has 242 valence electrons. The summed E-state index contributed by atoms with van der Waals surface area (Å²) in [7, 11) is 2.85. The zero-order valence-electron chi connectivity index (χ0n) is 27.0. The Morgan fingerprint density at radius 3 is 2.12 bits per heavy atom. The van der Waals surface area contributed by atoms with Gasteiger partial charge in [-0.15, -0.1) is 0 Å². The first-order valence-electron chi connectivity index (χ1n) is 15.1.